The second kappa shape index (κ2) is 6.59. The summed E-state index contributed by atoms with van der Waals surface area (Å²) in [6.07, 6.45) is 0. The first kappa shape index (κ1) is 15.2. The number of hydrogen-bond donors (Lipinski definition) is 0. The number of rotatable bonds is 4. The maximum Gasteiger partial charge on any atom is 0.283 e. The number of morpholine rings is 1. The highest BCUT2D eigenvalue weighted by atomic mass is 32.2. The molecule has 116 valence electrons. The molecule has 0 N–H and O–H groups in total. The molecule has 3 rings (SSSR count). The van der Waals surface area contributed by atoms with Crippen LogP contribution in [0.2, 0.25) is 0 Å². The second-order valence-electron chi connectivity index (χ2n) is 4.78. The van der Waals surface area contributed by atoms with E-state index < -0.39 is 0 Å². The topological polar surface area (TPSA) is 81.4 Å². The van der Waals surface area contributed by atoms with Gasteiger partial charge in [-0.15, -0.1) is 10.2 Å². The Morgan fingerprint density at radius 1 is 1.36 bits per heavy atom. The average molecular weight is 338 g/mol. The van der Waals surface area contributed by atoms with E-state index in [1.165, 1.54) is 23.1 Å². The first-order chi connectivity index (χ1) is 10.6. The Labute approximate surface area is 135 Å². The van der Waals surface area contributed by atoms with Gasteiger partial charge in [-0.25, -0.2) is 0 Å². The summed E-state index contributed by atoms with van der Waals surface area (Å²) in [4.78, 5) is 13.5. The van der Waals surface area contributed by atoms with Crippen LogP contribution in [0.5, 0.6) is 0 Å². The Morgan fingerprint density at radius 3 is 2.86 bits per heavy atom. The number of aromatic nitrogens is 2. The largest absolute Gasteiger partial charge is 0.378 e. The molecule has 1 aromatic carbocycles. The van der Waals surface area contributed by atoms with Crippen LogP contribution in [-0.2, 0) is 4.74 Å². The lowest BCUT2D eigenvalue weighted by Gasteiger charge is -2.25. The Balaban J connectivity index is 1.79. The summed E-state index contributed by atoms with van der Waals surface area (Å²) in [5.41, 5.74) is 0.968. The zero-order valence-electron chi connectivity index (χ0n) is 11.9. The Morgan fingerprint density at radius 2 is 2.14 bits per heavy atom. The predicted molar refractivity (Wildman–Crippen MR) is 84.9 cm³/mol. The van der Waals surface area contributed by atoms with Crippen LogP contribution in [0.4, 0.5) is 10.8 Å². The van der Waals surface area contributed by atoms with Gasteiger partial charge in [-0.3, -0.25) is 10.1 Å². The summed E-state index contributed by atoms with van der Waals surface area (Å²) in [6, 6.07) is 5.19. The van der Waals surface area contributed by atoms with Crippen molar-refractivity contribution in [3.8, 4) is 0 Å². The molecule has 1 aromatic heterocycles. The summed E-state index contributed by atoms with van der Waals surface area (Å²) in [7, 11) is 0. The summed E-state index contributed by atoms with van der Waals surface area (Å²) in [6.45, 7) is 4.80. The predicted octanol–water partition coefficient (Wildman–Crippen LogP) is 2.74. The van der Waals surface area contributed by atoms with E-state index in [2.05, 4.69) is 15.1 Å². The molecule has 2 heterocycles. The summed E-state index contributed by atoms with van der Waals surface area (Å²) in [5.74, 6) is 0. The van der Waals surface area contributed by atoms with Crippen molar-refractivity contribution in [1.82, 2.24) is 10.2 Å². The van der Waals surface area contributed by atoms with Crippen molar-refractivity contribution in [2.24, 2.45) is 0 Å². The van der Waals surface area contributed by atoms with Gasteiger partial charge in [0.1, 0.15) is 0 Å². The maximum absolute atomic E-state index is 11.2. The van der Waals surface area contributed by atoms with Crippen molar-refractivity contribution < 1.29 is 9.66 Å². The van der Waals surface area contributed by atoms with E-state index in [-0.39, 0.29) is 10.6 Å². The Kier molecular flexibility index (Phi) is 4.55. The van der Waals surface area contributed by atoms with Gasteiger partial charge in [-0.1, -0.05) is 17.4 Å². The first-order valence-electron chi connectivity index (χ1n) is 6.72. The van der Waals surface area contributed by atoms with Gasteiger partial charge in [0.2, 0.25) is 5.13 Å². The van der Waals surface area contributed by atoms with Crippen LogP contribution in [0.25, 0.3) is 0 Å². The van der Waals surface area contributed by atoms with Crippen molar-refractivity contribution in [3.63, 3.8) is 0 Å². The molecule has 0 radical (unpaired) electrons. The quantitative estimate of drug-likeness (QED) is 0.626. The third-order valence-electron chi connectivity index (χ3n) is 3.19. The highest BCUT2D eigenvalue weighted by Crippen LogP contribution is 2.38. The SMILES string of the molecule is Cc1ccc(Sc2nnc(N3CCOCC3)s2)c([N+](=O)[O-])c1. The van der Waals surface area contributed by atoms with Crippen LogP contribution in [0, 0.1) is 17.0 Å². The molecular weight excluding hydrogens is 324 g/mol. The zero-order valence-corrected chi connectivity index (χ0v) is 13.5. The molecule has 1 saturated heterocycles. The molecule has 9 heteroatoms. The minimum atomic E-state index is -0.362. The average Bonchev–Trinajstić information content (AvgIpc) is 2.98. The Bertz CT molecular complexity index is 686. The first-order valence-corrected chi connectivity index (χ1v) is 8.36. The number of benzene rings is 1. The van der Waals surface area contributed by atoms with Gasteiger partial charge in [0.25, 0.3) is 5.69 Å². The minimum Gasteiger partial charge on any atom is -0.378 e. The van der Waals surface area contributed by atoms with Gasteiger partial charge < -0.3 is 9.64 Å². The van der Waals surface area contributed by atoms with Gasteiger partial charge >= 0.3 is 0 Å². The van der Waals surface area contributed by atoms with E-state index in [9.17, 15) is 10.1 Å². The van der Waals surface area contributed by atoms with Crippen molar-refractivity contribution in [1.29, 1.82) is 0 Å². The molecule has 0 unspecified atom stereocenters. The van der Waals surface area contributed by atoms with Crippen LogP contribution < -0.4 is 4.90 Å². The molecule has 0 bridgehead atoms. The number of anilines is 1. The molecule has 0 amide bonds. The number of aryl methyl sites for hydroxylation is 1. The third-order valence-corrected chi connectivity index (χ3v) is 5.29. The molecule has 22 heavy (non-hydrogen) atoms. The normalized spacial score (nSPS) is 15.0. The fourth-order valence-corrected chi connectivity index (χ4v) is 4.01. The van der Waals surface area contributed by atoms with E-state index in [4.69, 9.17) is 4.74 Å². The van der Waals surface area contributed by atoms with Crippen LogP contribution in [0.3, 0.4) is 0 Å². The van der Waals surface area contributed by atoms with E-state index >= 15 is 0 Å². The fraction of sp³-hybridized carbons (Fsp3) is 0.385. The molecule has 0 spiro atoms. The molecule has 1 fully saturated rings. The van der Waals surface area contributed by atoms with Gasteiger partial charge in [0.15, 0.2) is 4.34 Å². The summed E-state index contributed by atoms with van der Waals surface area (Å²) in [5, 5.41) is 20.3. The van der Waals surface area contributed by atoms with Crippen LogP contribution >= 0.6 is 23.1 Å². The van der Waals surface area contributed by atoms with E-state index in [0.717, 1.165) is 23.8 Å². The van der Waals surface area contributed by atoms with Crippen molar-refractivity contribution in [3.05, 3.63) is 33.9 Å². The van der Waals surface area contributed by atoms with Crippen molar-refractivity contribution in [2.45, 2.75) is 16.2 Å². The number of ether oxygens (including phenoxy) is 1. The minimum absolute atomic E-state index is 0.105. The lowest BCUT2D eigenvalue weighted by atomic mass is 10.2. The smallest absolute Gasteiger partial charge is 0.283 e. The van der Waals surface area contributed by atoms with Gasteiger partial charge in [0.05, 0.1) is 23.0 Å². The summed E-state index contributed by atoms with van der Waals surface area (Å²) >= 11 is 2.73. The lowest BCUT2D eigenvalue weighted by Crippen LogP contribution is -2.36. The van der Waals surface area contributed by atoms with E-state index in [0.29, 0.717) is 22.4 Å². The molecule has 7 nitrogen and oxygen atoms in total. The molecule has 1 aliphatic heterocycles. The summed E-state index contributed by atoms with van der Waals surface area (Å²) < 4.78 is 6.01. The lowest BCUT2D eigenvalue weighted by molar-refractivity contribution is -0.387. The van der Waals surface area contributed by atoms with Crippen LogP contribution in [0.1, 0.15) is 5.56 Å². The monoisotopic (exact) mass is 338 g/mol. The number of nitro benzene ring substituents is 1. The number of hydrogen-bond acceptors (Lipinski definition) is 8. The van der Waals surface area contributed by atoms with Gasteiger partial charge in [-0.05, 0) is 30.3 Å². The third kappa shape index (κ3) is 3.37. The number of nitrogens with zero attached hydrogens (tertiary/aromatic N) is 4. The highest BCUT2D eigenvalue weighted by molar-refractivity contribution is 8.01. The van der Waals surface area contributed by atoms with E-state index in [1.54, 1.807) is 12.1 Å². The number of nitro groups is 1. The van der Waals surface area contributed by atoms with Crippen LogP contribution in [0.15, 0.2) is 27.4 Å². The molecule has 2 aromatic rings. The van der Waals surface area contributed by atoms with Gasteiger partial charge in [-0.2, -0.15) is 0 Å². The molecule has 0 aliphatic carbocycles. The van der Waals surface area contributed by atoms with Crippen molar-refractivity contribution in [2.75, 3.05) is 31.2 Å². The molecule has 1 aliphatic rings. The van der Waals surface area contributed by atoms with Crippen LogP contribution in [-0.4, -0.2) is 41.4 Å². The molecule has 0 saturated carbocycles. The maximum atomic E-state index is 11.2. The Hall–Kier alpha value is -1.71. The zero-order chi connectivity index (χ0) is 15.5. The molecular formula is C13H14N4O3S2. The van der Waals surface area contributed by atoms with Crippen molar-refractivity contribution >= 4 is 33.9 Å². The molecule has 0 atom stereocenters. The highest BCUT2D eigenvalue weighted by Gasteiger charge is 2.19. The van der Waals surface area contributed by atoms with Gasteiger partial charge in [0, 0.05) is 19.2 Å². The van der Waals surface area contributed by atoms with E-state index in [1.807, 2.05) is 13.0 Å². The fourth-order valence-electron chi connectivity index (χ4n) is 2.08. The standard InChI is InChI=1S/C13H14N4O3S2/c1-9-2-3-11(10(8-9)17(18)19)21-13-15-14-12(22-13)16-4-6-20-7-5-16/h2-3,8H,4-7H2,1H3. The second-order valence-corrected chi connectivity index (χ2v) is 7.03.